The predicted molar refractivity (Wildman–Crippen MR) is 64.1 cm³/mol. The molecule has 0 spiro atoms. The van der Waals surface area contributed by atoms with Gasteiger partial charge in [0.1, 0.15) is 0 Å². The molecule has 0 aromatic heterocycles. The Morgan fingerprint density at radius 1 is 1.47 bits per heavy atom. The fourth-order valence-corrected chi connectivity index (χ4v) is 2.90. The van der Waals surface area contributed by atoms with Gasteiger partial charge in [0.15, 0.2) is 0 Å². The van der Waals surface area contributed by atoms with Crippen molar-refractivity contribution in [3.63, 3.8) is 0 Å². The molecule has 1 rings (SSSR count). The summed E-state index contributed by atoms with van der Waals surface area (Å²) in [6.45, 7) is 1.95. The van der Waals surface area contributed by atoms with Crippen molar-refractivity contribution < 1.29 is 17.9 Å². The third kappa shape index (κ3) is 5.10. The number of rotatable bonds is 5. The van der Waals surface area contributed by atoms with Crippen LogP contribution in [0, 0.1) is 5.92 Å². The highest BCUT2D eigenvalue weighted by molar-refractivity contribution is 7.88. The molecule has 1 saturated carbocycles. The van der Waals surface area contributed by atoms with Crippen LogP contribution in [0.3, 0.4) is 0 Å². The van der Waals surface area contributed by atoms with E-state index >= 15 is 0 Å². The van der Waals surface area contributed by atoms with Crippen molar-refractivity contribution in [3.8, 4) is 0 Å². The van der Waals surface area contributed by atoms with E-state index in [1.807, 2.05) is 0 Å². The van der Waals surface area contributed by atoms with Gasteiger partial charge in [0.25, 0.3) is 0 Å². The quantitative estimate of drug-likeness (QED) is 0.737. The van der Waals surface area contributed by atoms with Gasteiger partial charge in [-0.05, 0) is 25.7 Å². The highest BCUT2D eigenvalue weighted by Crippen LogP contribution is 2.29. The third-order valence-corrected chi connectivity index (χ3v) is 4.15. The van der Waals surface area contributed by atoms with Crippen LogP contribution in [0.4, 0.5) is 4.79 Å². The summed E-state index contributed by atoms with van der Waals surface area (Å²) in [7, 11) is -3.85. The Balaban J connectivity index is 2.36. The van der Waals surface area contributed by atoms with E-state index in [0.717, 1.165) is 19.3 Å². The van der Waals surface area contributed by atoms with Crippen LogP contribution in [0.1, 0.15) is 26.2 Å². The van der Waals surface area contributed by atoms with Crippen molar-refractivity contribution >= 4 is 27.9 Å². The maximum Gasteiger partial charge on any atom is 0.421 e. The van der Waals surface area contributed by atoms with E-state index in [-0.39, 0.29) is 24.4 Å². The van der Waals surface area contributed by atoms with E-state index in [0.29, 0.717) is 0 Å². The molecule has 0 saturated heterocycles. The van der Waals surface area contributed by atoms with Crippen molar-refractivity contribution in [2.75, 3.05) is 13.2 Å². The maximum absolute atomic E-state index is 11.4. The molecule has 6 nitrogen and oxygen atoms in total. The normalized spacial score (nSPS) is 24.6. The first-order valence-electron chi connectivity index (χ1n) is 5.53. The Hall–Kier alpha value is -0.530. The summed E-state index contributed by atoms with van der Waals surface area (Å²) < 4.78 is 31.4. The second-order valence-corrected chi connectivity index (χ2v) is 5.94. The van der Waals surface area contributed by atoms with Gasteiger partial charge < -0.3 is 4.74 Å². The van der Waals surface area contributed by atoms with Crippen LogP contribution in [0.25, 0.3) is 0 Å². The number of amides is 1. The summed E-state index contributed by atoms with van der Waals surface area (Å²) >= 11 is 6.02. The summed E-state index contributed by atoms with van der Waals surface area (Å²) in [4.78, 5) is 10.9. The van der Waals surface area contributed by atoms with Crippen molar-refractivity contribution in [2.24, 2.45) is 5.92 Å². The smallest absolute Gasteiger partial charge is 0.421 e. The lowest BCUT2D eigenvalue weighted by Crippen LogP contribution is -2.42. The predicted octanol–water partition coefficient (Wildman–Crippen LogP) is 0.974. The Labute approximate surface area is 106 Å². The highest BCUT2D eigenvalue weighted by Gasteiger charge is 2.27. The van der Waals surface area contributed by atoms with Gasteiger partial charge in [-0.15, -0.1) is 11.6 Å². The van der Waals surface area contributed by atoms with Crippen molar-refractivity contribution in [1.29, 1.82) is 0 Å². The van der Waals surface area contributed by atoms with E-state index in [1.54, 1.807) is 11.6 Å². The van der Waals surface area contributed by atoms with Crippen LogP contribution >= 0.6 is 11.6 Å². The Kier molecular flexibility index (Phi) is 5.48. The molecule has 1 aliphatic rings. The molecule has 0 aromatic rings. The number of hydrogen-bond acceptors (Lipinski definition) is 4. The summed E-state index contributed by atoms with van der Waals surface area (Å²) in [6.07, 6.45) is 1.83. The Morgan fingerprint density at radius 2 is 2.18 bits per heavy atom. The number of carbonyl (C=O) groups excluding carboxylic acids is 1. The zero-order valence-electron chi connectivity index (χ0n) is 9.61. The molecule has 17 heavy (non-hydrogen) atoms. The number of hydrogen-bond donors (Lipinski definition) is 2. The molecule has 1 aliphatic carbocycles. The van der Waals surface area contributed by atoms with Crippen molar-refractivity contribution in [3.05, 3.63) is 0 Å². The largest absolute Gasteiger partial charge is 0.449 e. The van der Waals surface area contributed by atoms with Gasteiger partial charge in [-0.1, -0.05) is 6.42 Å². The lowest BCUT2D eigenvalue weighted by atomic mass is 10.1. The van der Waals surface area contributed by atoms with Gasteiger partial charge in [0.2, 0.25) is 0 Å². The molecule has 0 bridgehead atoms. The van der Waals surface area contributed by atoms with Crippen LogP contribution in [0.5, 0.6) is 0 Å². The summed E-state index contributed by atoms with van der Waals surface area (Å²) in [5, 5.41) is 0.000272. The summed E-state index contributed by atoms with van der Waals surface area (Å²) in [5.74, 6) is 0.121. The average molecular weight is 285 g/mol. The van der Waals surface area contributed by atoms with Gasteiger partial charge in [0.05, 0.1) is 6.61 Å². The van der Waals surface area contributed by atoms with Gasteiger partial charge in [-0.3, -0.25) is 0 Å². The van der Waals surface area contributed by atoms with E-state index in [4.69, 9.17) is 11.6 Å². The van der Waals surface area contributed by atoms with Gasteiger partial charge >= 0.3 is 16.3 Å². The fourth-order valence-electron chi connectivity index (χ4n) is 1.74. The molecular weight excluding hydrogens is 268 g/mol. The third-order valence-electron chi connectivity index (χ3n) is 2.59. The van der Waals surface area contributed by atoms with Crippen LogP contribution in [-0.2, 0) is 14.9 Å². The number of nitrogens with one attached hydrogen (secondary N) is 2. The lowest BCUT2D eigenvalue weighted by Gasteiger charge is -2.14. The van der Waals surface area contributed by atoms with Crippen LogP contribution in [-0.4, -0.2) is 33.0 Å². The topological polar surface area (TPSA) is 84.5 Å². The number of alkyl halides is 1. The molecule has 1 amide bonds. The molecule has 100 valence electrons. The lowest BCUT2D eigenvalue weighted by molar-refractivity contribution is 0.158. The zero-order chi connectivity index (χ0) is 12.9. The molecular formula is C9H17ClN2O4S. The van der Waals surface area contributed by atoms with Gasteiger partial charge in [0, 0.05) is 11.9 Å². The van der Waals surface area contributed by atoms with Gasteiger partial charge in [-0.25, -0.2) is 9.52 Å². The summed E-state index contributed by atoms with van der Waals surface area (Å²) in [6, 6.07) is 0. The number of carbonyl (C=O) groups is 1. The van der Waals surface area contributed by atoms with E-state index < -0.39 is 16.3 Å². The Bertz CT molecular complexity index is 360. The SMILES string of the molecule is CCOC(=O)NS(=O)(=O)NCC1CCCC1Cl. The fraction of sp³-hybridized carbons (Fsp3) is 0.889. The molecule has 0 heterocycles. The van der Waals surface area contributed by atoms with E-state index in [1.165, 1.54) is 0 Å². The first-order valence-corrected chi connectivity index (χ1v) is 7.45. The molecule has 2 N–H and O–H groups in total. The maximum atomic E-state index is 11.4. The zero-order valence-corrected chi connectivity index (χ0v) is 11.2. The number of halogens is 1. The molecule has 2 unspecified atom stereocenters. The standard InChI is InChI=1S/C9H17ClN2O4S/c1-2-16-9(13)12-17(14,15)11-6-7-4-3-5-8(7)10/h7-8,11H,2-6H2,1H3,(H,12,13). The van der Waals surface area contributed by atoms with Crippen molar-refractivity contribution in [1.82, 2.24) is 9.44 Å². The molecule has 8 heteroatoms. The second-order valence-electron chi connectivity index (χ2n) is 3.88. The van der Waals surface area contributed by atoms with Crippen LogP contribution in [0.15, 0.2) is 0 Å². The minimum absolute atomic E-state index is 0.000272. The van der Waals surface area contributed by atoms with E-state index in [2.05, 4.69) is 9.46 Å². The highest BCUT2D eigenvalue weighted by atomic mass is 35.5. The monoisotopic (exact) mass is 284 g/mol. The molecule has 1 fully saturated rings. The second kappa shape index (κ2) is 6.42. The van der Waals surface area contributed by atoms with Crippen LogP contribution in [0.2, 0.25) is 0 Å². The van der Waals surface area contributed by atoms with E-state index in [9.17, 15) is 13.2 Å². The Morgan fingerprint density at radius 3 is 2.71 bits per heavy atom. The van der Waals surface area contributed by atoms with Crippen molar-refractivity contribution in [2.45, 2.75) is 31.6 Å². The first kappa shape index (κ1) is 14.5. The van der Waals surface area contributed by atoms with Crippen LogP contribution < -0.4 is 9.44 Å². The molecule has 0 aliphatic heterocycles. The molecule has 2 atom stereocenters. The first-order chi connectivity index (χ1) is 7.94. The minimum atomic E-state index is -3.85. The molecule has 0 radical (unpaired) electrons. The number of ether oxygens (including phenoxy) is 1. The summed E-state index contributed by atoms with van der Waals surface area (Å²) in [5.41, 5.74) is 0. The average Bonchev–Trinajstić information content (AvgIpc) is 2.60. The minimum Gasteiger partial charge on any atom is -0.449 e. The van der Waals surface area contributed by atoms with Gasteiger partial charge in [-0.2, -0.15) is 13.1 Å². The molecule has 0 aromatic carbocycles.